The molecule has 0 radical (unpaired) electrons. The third-order valence-corrected chi connectivity index (χ3v) is 6.72. The van der Waals surface area contributed by atoms with Gasteiger partial charge in [-0.15, -0.1) is 0 Å². The summed E-state index contributed by atoms with van der Waals surface area (Å²) in [6, 6.07) is 15.7. The van der Waals surface area contributed by atoms with Crippen molar-refractivity contribution in [1.82, 2.24) is 10.2 Å². The van der Waals surface area contributed by atoms with Crippen molar-refractivity contribution in [3.63, 3.8) is 0 Å². The molecule has 0 spiro atoms. The van der Waals surface area contributed by atoms with Gasteiger partial charge >= 0.3 is 6.09 Å². The quantitative estimate of drug-likeness (QED) is 0.706. The number of nitrogens with zero attached hydrogens (tertiary/aromatic N) is 1. The predicted molar refractivity (Wildman–Crippen MR) is 124 cm³/mol. The highest BCUT2D eigenvalue weighted by Gasteiger charge is 2.38. The van der Waals surface area contributed by atoms with Gasteiger partial charge in [-0.3, -0.25) is 14.5 Å². The number of fused-ring (bicyclic) bond motifs is 1. The van der Waals surface area contributed by atoms with E-state index in [0.717, 1.165) is 48.8 Å². The van der Waals surface area contributed by atoms with Gasteiger partial charge in [0, 0.05) is 6.42 Å². The largest absolute Gasteiger partial charge is 0.445 e. The van der Waals surface area contributed by atoms with Gasteiger partial charge < -0.3 is 15.8 Å². The lowest BCUT2D eigenvalue weighted by Gasteiger charge is -2.37. The van der Waals surface area contributed by atoms with E-state index in [2.05, 4.69) is 5.32 Å². The highest BCUT2D eigenvalue weighted by atomic mass is 16.6. The van der Waals surface area contributed by atoms with Gasteiger partial charge in [0.15, 0.2) is 0 Å². The molecule has 7 heteroatoms. The zero-order chi connectivity index (χ0) is 23.2. The molecule has 3 N–H and O–H groups in total. The van der Waals surface area contributed by atoms with E-state index in [4.69, 9.17) is 10.5 Å². The molecule has 0 unspecified atom stereocenters. The Bertz CT molecular complexity index is 988. The molecule has 1 heterocycles. The van der Waals surface area contributed by atoms with E-state index in [1.807, 2.05) is 54.6 Å². The first-order valence-electron chi connectivity index (χ1n) is 11.7. The van der Waals surface area contributed by atoms with Crippen LogP contribution in [-0.2, 0) is 33.9 Å². The molecule has 0 bridgehead atoms. The van der Waals surface area contributed by atoms with Crippen LogP contribution in [0.15, 0.2) is 54.6 Å². The van der Waals surface area contributed by atoms with E-state index in [1.54, 1.807) is 0 Å². The molecule has 1 aliphatic heterocycles. The number of benzene rings is 2. The van der Waals surface area contributed by atoms with Gasteiger partial charge in [-0.1, -0.05) is 73.9 Å². The average Bonchev–Trinajstić information content (AvgIpc) is 2.85. The molecular formula is C26H31N3O4. The van der Waals surface area contributed by atoms with Crippen LogP contribution in [-0.4, -0.2) is 34.9 Å². The number of carbonyl (C=O) groups is 3. The zero-order valence-electron chi connectivity index (χ0n) is 18.7. The second-order valence-corrected chi connectivity index (χ2v) is 8.94. The van der Waals surface area contributed by atoms with Crippen LogP contribution in [0.25, 0.3) is 0 Å². The monoisotopic (exact) mass is 449 g/mol. The second-order valence-electron chi connectivity index (χ2n) is 8.94. The first-order valence-corrected chi connectivity index (χ1v) is 11.7. The third-order valence-electron chi connectivity index (χ3n) is 6.72. The molecule has 2 aliphatic rings. The van der Waals surface area contributed by atoms with Gasteiger partial charge in [0.25, 0.3) is 0 Å². The summed E-state index contributed by atoms with van der Waals surface area (Å²) in [5, 5.41) is 2.88. The third kappa shape index (κ3) is 5.53. The summed E-state index contributed by atoms with van der Waals surface area (Å²) in [5.74, 6) is -0.852. The van der Waals surface area contributed by atoms with Crippen LogP contribution in [0.1, 0.15) is 48.8 Å². The van der Waals surface area contributed by atoms with Crippen molar-refractivity contribution in [3.05, 3.63) is 71.3 Å². The molecule has 1 saturated carbocycles. The standard InChI is InChI=1S/C26H31N3O4/c27-24(30)23(19-11-5-2-6-12-19)28-25(31)22-15-20-13-7-8-14-21(20)16-29(22)26(32)33-17-18-9-3-1-4-10-18/h1,3-4,7-10,13-14,19,22-23H,2,5-6,11-12,15-17H2,(H2,27,30)(H,28,31)/t22-,23-/m0/s1. The Labute approximate surface area is 194 Å². The van der Waals surface area contributed by atoms with Crippen LogP contribution in [0.4, 0.5) is 4.79 Å². The van der Waals surface area contributed by atoms with Gasteiger partial charge in [0.2, 0.25) is 11.8 Å². The SMILES string of the molecule is NC(=O)[C@@H](NC(=O)[C@@H]1Cc2ccccc2CN1C(=O)OCc1ccccc1)C1CCCCC1. The molecule has 0 aromatic heterocycles. The van der Waals surface area contributed by atoms with Crippen molar-refractivity contribution in [2.45, 2.75) is 63.8 Å². The fourth-order valence-corrected chi connectivity index (χ4v) is 4.89. The van der Waals surface area contributed by atoms with Crippen LogP contribution in [0.5, 0.6) is 0 Å². The second kappa shape index (κ2) is 10.5. The lowest BCUT2D eigenvalue weighted by atomic mass is 9.83. The van der Waals surface area contributed by atoms with Gasteiger partial charge in [-0.05, 0) is 35.4 Å². The normalized spacial score (nSPS) is 19.3. The number of ether oxygens (including phenoxy) is 1. The molecule has 1 fully saturated rings. The van der Waals surface area contributed by atoms with Crippen molar-refractivity contribution < 1.29 is 19.1 Å². The summed E-state index contributed by atoms with van der Waals surface area (Å²) < 4.78 is 5.55. The first-order chi connectivity index (χ1) is 16.0. The number of nitrogens with one attached hydrogen (secondary N) is 1. The van der Waals surface area contributed by atoms with Gasteiger partial charge in [-0.2, -0.15) is 0 Å². The number of nitrogens with two attached hydrogens (primary N) is 1. The van der Waals surface area contributed by atoms with Crippen LogP contribution < -0.4 is 11.1 Å². The maximum absolute atomic E-state index is 13.4. The number of primary amides is 1. The highest BCUT2D eigenvalue weighted by Crippen LogP contribution is 2.28. The van der Waals surface area contributed by atoms with E-state index in [1.165, 1.54) is 4.90 Å². The van der Waals surface area contributed by atoms with Gasteiger partial charge in [0.1, 0.15) is 18.7 Å². The topological polar surface area (TPSA) is 102 Å². The number of amides is 3. The zero-order valence-corrected chi connectivity index (χ0v) is 18.7. The summed E-state index contributed by atoms with van der Waals surface area (Å²) in [7, 11) is 0. The van der Waals surface area contributed by atoms with Crippen LogP contribution >= 0.6 is 0 Å². The molecule has 33 heavy (non-hydrogen) atoms. The molecule has 4 rings (SSSR count). The Kier molecular flexibility index (Phi) is 7.27. The molecule has 3 amide bonds. The lowest BCUT2D eigenvalue weighted by molar-refractivity contribution is -0.132. The molecule has 0 saturated heterocycles. The van der Waals surface area contributed by atoms with Crippen molar-refractivity contribution in [3.8, 4) is 0 Å². The first kappa shape index (κ1) is 22.8. The molecular weight excluding hydrogens is 418 g/mol. The van der Waals surface area contributed by atoms with Crippen LogP contribution in [0, 0.1) is 5.92 Å². The lowest BCUT2D eigenvalue weighted by Crippen LogP contribution is -2.58. The van der Waals surface area contributed by atoms with E-state index < -0.39 is 24.1 Å². The van der Waals surface area contributed by atoms with Gasteiger partial charge in [0.05, 0.1) is 6.54 Å². The minimum Gasteiger partial charge on any atom is -0.445 e. The fraction of sp³-hybridized carbons (Fsp3) is 0.423. The Morgan fingerprint density at radius 2 is 1.64 bits per heavy atom. The van der Waals surface area contributed by atoms with Gasteiger partial charge in [-0.25, -0.2) is 4.79 Å². The molecule has 174 valence electrons. The number of hydrogen-bond donors (Lipinski definition) is 2. The minimum absolute atomic E-state index is 0.0366. The van der Waals surface area contributed by atoms with Crippen molar-refractivity contribution in [2.75, 3.05) is 0 Å². The Balaban J connectivity index is 1.51. The molecule has 1 aliphatic carbocycles. The van der Waals surface area contributed by atoms with E-state index in [-0.39, 0.29) is 25.0 Å². The van der Waals surface area contributed by atoms with E-state index in [9.17, 15) is 14.4 Å². The molecule has 2 aromatic carbocycles. The number of carbonyl (C=O) groups excluding carboxylic acids is 3. The van der Waals surface area contributed by atoms with Crippen molar-refractivity contribution in [2.24, 2.45) is 11.7 Å². The predicted octanol–water partition coefficient (Wildman–Crippen LogP) is 3.30. The smallest absolute Gasteiger partial charge is 0.411 e. The maximum atomic E-state index is 13.4. The molecule has 2 atom stereocenters. The van der Waals surface area contributed by atoms with Crippen molar-refractivity contribution in [1.29, 1.82) is 0 Å². The summed E-state index contributed by atoms with van der Waals surface area (Å²) >= 11 is 0. The average molecular weight is 450 g/mol. The van der Waals surface area contributed by atoms with Crippen LogP contribution in [0.3, 0.4) is 0 Å². The van der Waals surface area contributed by atoms with Crippen LogP contribution in [0.2, 0.25) is 0 Å². The maximum Gasteiger partial charge on any atom is 0.411 e. The minimum atomic E-state index is -0.770. The van der Waals surface area contributed by atoms with E-state index in [0.29, 0.717) is 6.42 Å². The highest BCUT2D eigenvalue weighted by molar-refractivity contribution is 5.91. The molecule has 7 nitrogen and oxygen atoms in total. The summed E-state index contributed by atoms with van der Waals surface area (Å²) in [6.45, 7) is 0.394. The summed E-state index contributed by atoms with van der Waals surface area (Å²) in [6.07, 6.45) is 4.73. The fourth-order valence-electron chi connectivity index (χ4n) is 4.89. The van der Waals surface area contributed by atoms with Crippen molar-refractivity contribution >= 4 is 17.9 Å². The number of hydrogen-bond acceptors (Lipinski definition) is 4. The summed E-state index contributed by atoms with van der Waals surface area (Å²) in [4.78, 5) is 40.1. The Morgan fingerprint density at radius 3 is 2.33 bits per heavy atom. The summed E-state index contributed by atoms with van der Waals surface area (Å²) in [5.41, 5.74) is 8.54. The molecule has 2 aromatic rings. The number of rotatable bonds is 6. The van der Waals surface area contributed by atoms with E-state index >= 15 is 0 Å². The Morgan fingerprint density at radius 1 is 0.970 bits per heavy atom. The Hall–Kier alpha value is -3.35.